The van der Waals surface area contributed by atoms with Crippen LogP contribution in [0.4, 0.5) is 0 Å². The average Bonchev–Trinajstić information content (AvgIpc) is 2.68. The number of hydrogen-bond donors (Lipinski definition) is 1. The molecule has 4 nitrogen and oxygen atoms in total. The lowest BCUT2D eigenvalue weighted by atomic mass is 10.1. The van der Waals surface area contributed by atoms with Crippen LogP contribution in [-0.4, -0.2) is 20.9 Å². The number of carbonyl (C=O) groups excluding carboxylic acids is 1. The molecule has 0 aliphatic rings. The molecule has 7 heteroatoms. The van der Waals surface area contributed by atoms with Crippen molar-refractivity contribution in [1.82, 2.24) is 5.32 Å². The Kier molecular flexibility index (Phi) is 6.96. The molecule has 0 saturated heterocycles. The van der Waals surface area contributed by atoms with Crippen molar-refractivity contribution >= 4 is 38.9 Å². The maximum absolute atomic E-state index is 12.5. The minimum atomic E-state index is -3.47. The normalized spacial score (nSPS) is 11.2. The Balaban J connectivity index is 1.63. The molecule has 0 aromatic heterocycles. The van der Waals surface area contributed by atoms with Crippen LogP contribution in [0.25, 0.3) is 0 Å². The van der Waals surface area contributed by atoms with Crippen LogP contribution in [0.5, 0.6) is 0 Å². The van der Waals surface area contributed by atoms with Gasteiger partial charge < -0.3 is 5.32 Å². The van der Waals surface area contributed by atoms with E-state index < -0.39 is 9.84 Å². The molecule has 0 unspecified atom stereocenters. The van der Waals surface area contributed by atoms with E-state index in [1.54, 1.807) is 72.8 Å². The number of halogens is 2. The van der Waals surface area contributed by atoms with Gasteiger partial charge in [-0.2, -0.15) is 0 Å². The van der Waals surface area contributed by atoms with E-state index in [9.17, 15) is 13.2 Å². The van der Waals surface area contributed by atoms with Crippen LogP contribution in [0, 0.1) is 0 Å². The maximum Gasteiger partial charge on any atom is 0.251 e. The Hall–Kier alpha value is -2.34. The molecule has 0 fully saturated rings. The Morgan fingerprint density at radius 3 is 2.21 bits per heavy atom. The van der Waals surface area contributed by atoms with Gasteiger partial charge in [0.25, 0.3) is 5.91 Å². The molecule has 1 amide bonds. The molecule has 3 aromatic rings. The quantitative estimate of drug-likeness (QED) is 0.557. The van der Waals surface area contributed by atoms with Crippen LogP contribution in [-0.2, 0) is 22.0 Å². The monoisotopic (exact) mass is 447 g/mol. The predicted molar refractivity (Wildman–Crippen MR) is 116 cm³/mol. The summed E-state index contributed by atoms with van der Waals surface area (Å²) in [6.07, 6.45) is 0.577. The molecule has 29 heavy (non-hydrogen) atoms. The molecule has 1 N–H and O–H groups in total. The smallest absolute Gasteiger partial charge is 0.251 e. The van der Waals surface area contributed by atoms with Crippen LogP contribution in [0.3, 0.4) is 0 Å². The largest absolute Gasteiger partial charge is 0.352 e. The fourth-order valence-corrected chi connectivity index (χ4v) is 4.84. The van der Waals surface area contributed by atoms with Gasteiger partial charge in [-0.25, -0.2) is 8.42 Å². The molecule has 150 valence electrons. The number of hydrogen-bond acceptors (Lipinski definition) is 3. The number of carbonyl (C=O) groups is 1. The highest BCUT2D eigenvalue weighted by molar-refractivity contribution is 7.90. The fourth-order valence-electron chi connectivity index (χ4n) is 2.91. The molecule has 0 saturated carbocycles. The molecule has 0 radical (unpaired) electrons. The Bertz CT molecular complexity index is 1100. The number of sulfone groups is 1. The van der Waals surface area contributed by atoms with E-state index in [1.807, 2.05) is 0 Å². The highest BCUT2D eigenvalue weighted by Crippen LogP contribution is 2.19. The minimum absolute atomic E-state index is 0.168. The third kappa shape index (κ3) is 6.07. The van der Waals surface area contributed by atoms with Crippen LogP contribution in [0.15, 0.2) is 77.7 Å². The number of rotatable bonds is 7. The summed E-state index contributed by atoms with van der Waals surface area (Å²) >= 11 is 12.0. The standard InChI is InChI=1S/C22H19Cl2NO3S/c23-19-12-16(13-20(24)14-19)9-10-25-22(26)18-6-4-5-17(11-18)15-29(27,28)21-7-2-1-3-8-21/h1-8,11-14H,9-10,15H2,(H,25,26). The molecule has 3 aromatic carbocycles. The second-order valence-electron chi connectivity index (χ2n) is 6.56. The first-order chi connectivity index (χ1) is 13.8. The zero-order chi connectivity index (χ0) is 20.9. The minimum Gasteiger partial charge on any atom is -0.352 e. The molecule has 0 spiro atoms. The van der Waals surface area contributed by atoms with E-state index in [0.29, 0.717) is 34.1 Å². The van der Waals surface area contributed by atoms with Gasteiger partial charge in [-0.15, -0.1) is 0 Å². The van der Waals surface area contributed by atoms with Crippen molar-refractivity contribution in [3.63, 3.8) is 0 Å². The molecule has 0 heterocycles. The van der Waals surface area contributed by atoms with Gasteiger partial charge in [-0.05, 0) is 60.0 Å². The Morgan fingerprint density at radius 2 is 1.52 bits per heavy atom. The SMILES string of the molecule is O=C(NCCc1cc(Cl)cc(Cl)c1)c1cccc(CS(=O)(=O)c2ccccc2)c1. The van der Waals surface area contributed by atoms with Crippen molar-refractivity contribution in [1.29, 1.82) is 0 Å². The lowest BCUT2D eigenvalue weighted by Gasteiger charge is -2.09. The van der Waals surface area contributed by atoms with E-state index in [1.165, 1.54) is 0 Å². The van der Waals surface area contributed by atoms with Gasteiger partial charge >= 0.3 is 0 Å². The zero-order valence-corrected chi connectivity index (χ0v) is 17.8. The lowest BCUT2D eigenvalue weighted by molar-refractivity contribution is 0.0954. The third-order valence-electron chi connectivity index (χ3n) is 4.27. The first-order valence-electron chi connectivity index (χ1n) is 8.93. The second-order valence-corrected chi connectivity index (χ2v) is 9.42. The highest BCUT2D eigenvalue weighted by Gasteiger charge is 2.16. The Morgan fingerprint density at radius 1 is 0.828 bits per heavy atom. The molecule has 0 aliphatic heterocycles. The topological polar surface area (TPSA) is 63.2 Å². The van der Waals surface area contributed by atoms with Crippen LogP contribution in [0.1, 0.15) is 21.5 Å². The molecular formula is C22H19Cl2NO3S. The van der Waals surface area contributed by atoms with Crippen molar-refractivity contribution in [2.24, 2.45) is 0 Å². The summed E-state index contributed by atoms with van der Waals surface area (Å²) in [7, 11) is -3.47. The van der Waals surface area contributed by atoms with E-state index >= 15 is 0 Å². The molecule has 0 atom stereocenters. The van der Waals surface area contributed by atoms with Crippen molar-refractivity contribution in [3.8, 4) is 0 Å². The zero-order valence-electron chi connectivity index (χ0n) is 15.4. The highest BCUT2D eigenvalue weighted by atomic mass is 35.5. The van der Waals surface area contributed by atoms with Gasteiger partial charge in [0.2, 0.25) is 0 Å². The maximum atomic E-state index is 12.5. The van der Waals surface area contributed by atoms with Gasteiger partial charge in [0.1, 0.15) is 0 Å². The fraction of sp³-hybridized carbons (Fsp3) is 0.136. The average molecular weight is 448 g/mol. The third-order valence-corrected chi connectivity index (χ3v) is 6.41. The lowest BCUT2D eigenvalue weighted by Crippen LogP contribution is -2.25. The summed E-state index contributed by atoms with van der Waals surface area (Å²) in [6.45, 7) is 0.405. The van der Waals surface area contributed by atoms with Gasteiger partial charge in [0.15, 0.2) is 9.84 Å². The summed E-state index contributed by atoms with van der Waals surface area (Å²) in [6, 6.07) is 20.2. The van der Waals surface area contributed by atoms with E-state index in [0.717, 1.165) is 5.56 Å². The summed E-state index contributed by atoms with van der Waals surface area (Å²) in [5, 5.41) is 3.93. The number of amides is 1. The van der Waals surface area contributed by atoms with E-state index in [2.05, 4.69) is 5.32 Å². The van der Waals surface area contributed by atoms with Crippen molar-refractivity contribution < 1.29 is 13.2 Å². The summed E-state index contributed by atoms with van der Waals surface area (Å²) in [5.74, 6) is -0.434. The van der Waals surface area contributed by atoms with Crippen LogP contribution < -0.4 is 5.32 Å². The van der Waals surface area contributed by atoms with Crippen molar-refractivity contribution in [2.45, 2.75) is 17.1 Å². The van der Waals surface area contributed by atoms with E-state index in [4.69, 9.17) is 23.2 Å². The molecule has 0 aliphatic carbocycles. The second kappa shape index (κ2) is 9.44. The van der Waals surface area contributed by atoms with Crippen LogP contribution >= 0.6 is 23.2 Å². The van der Waals surface area contributed by atoms with Crippen LogP contribution in [0.2, 0.25) is 10.0 Å². The van der Waals surface area contributed by atoms with Crippen molar-refractivity contribution in [3.05, 3.63) is 99.5 Å². The predicted octanol–water partition coefficient (Wildman–Crippen LogP) is 4.94. The van der Waals surface area contributed by atoms with Crippen molar-refractivity contribution in [2.75, 3.05) is 6.54 Å². The van der Waals surface area contributed by atoms with Gasteiger partial charge in [-0.3, -0.25) is 4.79 Å². The molecule has 0 bridgehead atoms. The van der Waals surface area contributed by atoms with E-state index in [-0.39, 0.29) is 16.6 Å². The number of benzene rings is 3. The Labute approximate surface area is 180 Å². The summed E-state index contributed by atoms with van der Waals surface area (Å²) in [4.78, 5) is 12.7. The van der Waals surface area contributed by atoms with Gasteiger partial charge in [-0.1, -0.05) is 53.5 Å². The summed E-state index contributed by atoms with van der Waals surface area (Å²) in [5.41, 5.74) is 1.89. The summed E-state index contributed by atoms with van der Waals surface area (Å²) < 4.78 is 25.1. The van der Waals surface area contributed by atoms with Gasteiger partial charge in [0, 0.05) is 22.2 Å². The molecule has 3 rings (SSSR count). The van der Waals surface area contributed by atoms with Gasteiger partial charge in [0.05, 0.1) is 10.6 Å². The first kappa shape index (κ1) is 21.4. The first-order valence-corrected chi connectivity index (χ1v) is 11.3. The molecular weight excluding hydrogens is 429 g/mol. The number of nitrogens with one attached hydrogen (secondary N) is 1.